The molecule has 202 valence electrons. The molecular formula is C31H19I2N3O5. The maximum Gasteiger partial charge on any atom is 0.335 e. The van der Waals surface area contributed by atoms with E-state index in [1.165, 1.54) is 4.68 Å². The lowest BCUT2D eigenvalue weighted by molar-refractivity contribution is 0.0697. The van der Waals surface area contributed by atoms with Crippen LogP contribution in [0.1, 0.15) is 21.5 Å². The van der Waals surface area contributed by atoms with Crippen LogP contribution in [-0.4, -0.2) is 27.0 Å². The maximum absolute atomic E-state index is 13.5. The van der Waals surface area contributed by atoms with Crippen molar-refractivity contribution < 1.29 is 19.1 Å². The van der Waals surface area contributed by atoms with Crippen molar-refractivity contribution in [1.82, 2.24) is 9.66 Å². The van der Waals surface area contributed by atoms with Gasteiger partial charge in [-0.1, -0.05) is 42.5 Å². The van der Waals surface area contributed by atoms with Gasteiger partial charge in [0.1, 0.15) is 17.9 Å². The average Bonchev–Trinajstić information content (AvgIpc) is 3.41. The van der Waals surface area contributed by atoms with Gasteiger partial charge in [-0.05, 0) is 105 Å². The SMILES string of the molecule is O=C(O)c1ccc(COc2c(I)cc(C=Nn3c(-c4cc5ccccc5o4)nc4ccccc4c3=O)cc2I)cc1. The molecule has 4 aromatic carbocycles. The van der Waals surface area contributed by atoms with Crippen molar-refractivity contribution in [2.24, 2.45) is 5.10 Å². The van der Waals surface area contributed by atoms with Gasteiger partial charge >= 0.3 is 5.97 Å². The summed E-state index contributed by atoms with van der Waals surface area (Å²) in [6.07, 6.45) is 1.61. The quantitative estimate of drug-likeness (QED) is 0.136. The number of hydrogen-bond donors (Lipinski definition) is 1. The normalized spacial score (nSPS) is 11.5. The predicted octanol–water partition coefficient (Wildman–Crippen LogP) is 7.18. The summed E-state index contributed by atoms with van der Waals surface area (Å²) in [4.78, 5) is 29.4. The molecule has 0 aliphatic heterocycles. The number of halogens is 2. The molecule has 0 saturated carbocycles. The standard InChI is InChI=1S/C31H19I2N3O5/c32-23-13-19(14-24(33)28(23)40-17-18-9-11-20(12-10-18)31(38)39)16-34-36-29(27-15-21-5-1-4-8-26(21)41-27)35-25-7-3-2-6-22(25)30(36)37/h1-16H,17H2,(H,38,39). The molecule has 6 aromatic rings. The molecule has 8 nitrogen and oxygen atoms in total. The Bertz CT molecular complexity index is 1970. The molecular weight excluding hydrogens is 748 g/mol. The largest absolute Gasteiger partial charge is 0.487 e. The molecule has 0 aliphatic rings. The molecule has 2 heterocycles. The van der Waals surface area contributed by atoms with Gasteiger partial charge in [0.2, 0.25) is 5.82 Å². The van der Waals surface area contributed by atoms with Gasteiger partial charge in [-0.25, -0.2) is 9.78 Å². The molecule has 0 radical (unpaired) electrons. The summed E-state index contributed by atoms with van der Waals surface area (Å²) in [6.45, 7) is 0.290. The van der Waals surface area contributed by atoms with Crippen LogP contribution in [0.3, 0.4) is 0 Å². The van der Waals surface area contributed by atoms with Crippen molar-refractivity contribution >= 4 is 79.2 Å². The highest BCUT2D eigenvalue weighted by atomic mass is 127. The third-order valence-electron chi connectivity index (χ3n) is 6.33. The first kappa shape index (κ1) is 27.1. The monoisotopic (exact) mass is 767 g/mol. The van der Waals surface area contributed by atoms with Crippen LogP contribution in [0, 0.1) is 7.14 Å². The zero-order valence-electron chi connectivity index (χ0n) is 21.1. The number of carboxylic acids is 1. The fourth-order valence-electron chi connectivity index (χ4n) is 4.30. The van der Waals surface area contributed by atoms with E-state index in [2.05, 4.69) is 50.3 Å². The predicted molar refractivity (Wildman–Crippen MR) is 174 cm³/mol. The molecule has 1 N–H and O–H groups in total. The average molecular weight is 767 g/mol. The van der Waals surface area contributed by atoms with E-state index in [4.69, 9.17) is 19.2 Å². The summed E-state index contributed by atoms with van der Waals surface area (Å²) in [6, 6.07) is 27.0. The van der Waals surface area contributed by atoms with Gasteiger partial charge < -0.3 is 14.3 Å². The number of carboxylic acid groups (broad SMARTS) is 1. The molecule has 0 bridgehead atoms. The fourth-order valence-corrected chi connectivity index (χ4v) is 6.43. The summed E-state index contributed by atoms with van der Waals surface area (Å²) < 4.78 is 15.1. The van der Waals surface area contributed by atoms with Crippen LogP contribution in [0.4, 0.5) is 0 Å². The Hall–Kier alpha value is -4.04. The highest BCUT2D eigenvalue weighted by molar-refractivity contribution is 14.1. The molecule has 0 aliphatic carbocycles. The van der Waals surface area contributed by atoms with Crippen molar-refractivity contribution in [3.05, 3.63) is 125 Å². The van der Waals surface area contributed by atoms with Crippen LogP contribution in [0.5, 0.6) is 5.75 Å². The maximum atomic E-state index is 13.5. The number of benzene rings is 4. The number of ether oxygens (including phenoxy) is 1. The van der Waals surface area contributed by atoms with Gasteiger partial charge in [0.15, 0.2) is 5.76 Å². The van der Waals surface area contributed by atoms with Gasteiger partial charge in [-0.2, -0.15) is 9.78 Å². The number of furan rings is 1. The third-order valence-corrected chi connectivity index (χ3v) is 7.93. The number of para-hydroxylation sites is 2. The molecule has 0 atom stereocenters. The minimum atomic E-state index is -0.967. The first-order valence-corrected chi connectivity index (χ1v) is 14.5. The van der Waals surface area contributed by atoms with Crippen molar-refractivity contribution in [2.75, 3.05) is 0 Å². The van der Waals surface area contributed by atoms with Crippen LogP contribution in [0.25, 0.3) is 33.5 Å². The Morgan fingerprint density at radius 1 is 0.976 bits per heavy atom. The molecule has 0 spiro atoms. The smallest absolute Gasteiger partial charge is 0.335 e. The van der Waals surface area contributed by atoms with Crippen LogP contribution in [0.15, 0.2) is 105 Å². The topological polar surface area (TPSA) is 107 Å². The van der Waals surface area contributed by atoms with E-state index in [1.54, 1.807) is 48.7 Å². The van der Waals surface area contributed by atoms with E-state index in [9.17, 15) is 9.59 Å². The van der Waals surface area contributed by atoms with Gasteiger partial charge in [-0.3, -0.25) is 4.79 Å². The van der Waals surface area contributed by atoms with Crippen molar-refractivity contribution in [3.63, 3.8) is 0 Å². The number of aromatic nitrogens is 2. The second-order valence-corrected chi connectivity index (χ2v) is 11.4. The zero-order chi connectivity index (χ0) is 28.5. The minimum Gasteiger partial charge on any atom is -0.487 e. The first-order valence-electron chi connectivity index (χ1n) is 12.4. The van der Waals surface area contributed by atoms with Gasteiger partial charge in [0, 0.05) is 5.39 Å². The molecule has 0 saturated heterocycles. The van der Waals surface area contributed by atoms with Crippen LogP contribution >= 0.6 is 45.2 Å². The number of carbonyl (C=O) groups is 1. The van der Waals surface area contributed by atoms with E-state index >= 15 is 0 Å². The van der Waals surface area contributed by atoms with Crippen LogP contribution in [0.2, 0.25) is 0 Å². The zero-order valence-corrected chi connectivity index (χ0v) is 25.4. The van der Waals surface area contributed by atoms with E-state index in [0.717, 1.165) is 23.7 Å². The Labute approximate surface area is 260 Å². The molecule has 41 heavy (non-hydrogen) atoms. The minimum absolute atomic E-state index is 0.228. The van der Waals surface area contributed by atoms with Crippen molar-refractivity contribution in [2.45, 2.75) is 6.61 Å². The first-order chi connectivity index (χ1) is 19.9. The summed E-state index contributed by atoms with van der Waals surface area (Å²) in [5, 5.41) is 15.0. The van der Waals surface area contributed by atoms with Crippen LogP contribution < -0.4 is 10.3 Å². The number of fused-ring (bicyclic) bond motifs is 2. The number of hydrogen-bond acceptors (Lipinski definition) is 6. The number of rotatable bonds is 7. The molecule has 0 amide bonds. The Kier molecular flexibility index (Phi) is 7.58. The molecule has 10 heteroatoms. The van der Waals surface area contributed by atoms with E-state index in [-0.39, 0.29) is 11.1 Å². The van der Waals surface area contributed by atoms with Gasteiger partial charge in [0.05, 0.1) is 29.8 Å². The highest BCUT2D eigenvalue weighted by Gasteiger charge is 2.17. The molecule has 6 rings (SSSR count). The van der Waals surface area contributed by atoms with Gasteiger partial charge in [-0.15, -0.1) is 0 Å². The molecule has 0 unspecified atom stereocenters. The van der Waals surface area contributed by atoms with E-state index < -0.39 is 5.97 Å². The fraction of sp³-hybridized carbons (Fsp3) is 0.0323. The van der Waals surface area contributed by atoms with Crippen molar-refractivity contribution in [1.29, 1.82) is 0 Å². The summed E-state index contributed by atoms with van der Waals surface area (Å²) in [7, 11) is 0. The molecule has 0 fully saturated rings. The Balaban J connectivity index is 1.33. The lowest BCUT2D eigenvalue weighted by Crippen LogP contribution is -2.20. The molecule has 2 aromatic heterocycles. The third kappa shape index (κ3) is 5.61. The van der Waals surface area contributed by atoms with E-state index in [1.807, 2.05) is 48.5 Å². The summed E-state index contributed by atoms with van der Waals surface area (Å²) in [5.74, 6) is 0.485. The number of nitrogens with zero attached hydrogens (tertiary/aromatic N) is 3. The summed E-state index contributed by atoms with van der Waals surface area (Å²) in [5.41, 5.74) is 2.80. The second kappa shape index (κ2) is 11.4. The highest BCUT2D eigenvalue weighted by Crippen LogP contribution is 2.30. The Morgan fingerprint density at radius 2 is 1.68 bits per heavy atom. The van der Waals surface area contributed by atoms with Crippen LogP contribution in [-0.2, 0) is 6.61 Å². The second-order valence-electron chi connectivity index (χ2n) is 9.07. The number of aromatic carboxylic acids is 1. The summed E-state index contributed by atoms with van der Waals surface area (Å²) >= 11 is 4.40. The Morgan fingerprint density at radius 3 is 2.41 bits per heavy atom. The lowest BCUT2D eigenvalue weighted by atomic mass is 10.1. The van der Waals surface area contributed by atoms with E-state index in [0.29, 0.717) is 40.4 Å². The lowest BCUT2D eigenvalue weighted by Gasteiger charge is -2.12. The van der Waals surface area contributed by atoms with Crippen molar-refractivity contribution in [3.8, 4) is 17.3 Å². The van der Waals surface area contributed by atoms with Gasteiger partial charge in [0.25, 0.3) is 5.56 Å².